The molecule has 1 unspecified atom stereocenters. The van der Waals surface area contributed by atoms with Crippen molar-refractivity contribution in [2.45, 2.75) is 19.8 Å². The van der Waals surface area contributed by atoms with Crippen LogP contribution in [0.25, 0.3) is 6.08 Å². The molecule has 1 fully saturated rings. The van der Waals surface area contributed by atoms with Gasteiger partial charge in [-0.15, -0.1) is 0 Å². The largest absolute Gasteiger partial charge is 0.379 e. The fourth-order valence-electron chi connectivity index (χ4n) is 2.12. The van der Waals surface area contributed by atoms with Gasteiger partial charge in [-0.3, -0.25) is 4.90 Å². The van der Waals surface area contributed by atoms with E-state index in [1.807, 2.05) is 18.2 Å². The molecule has 1 aromatic carbocycles. The highest BCUT2D eigenvalue weighted by Crippen LogP contribution is 2.13. The molecule has 0 spiro atoms. The van der Waals surface area contributed by atoms with Gasteiger partial charge in [0.15, 0.2) is 0 Å². The third-order valence-corrected chi connectivity index (χ3v) is 3.31. The predicted molar refractivity (Wildman–Crippen MR) is 73.2 cm³/mol. The van der Waals surface area contributed by atoms with Crippen molar-refractivity contribution in [1.82, 2.24) is 4.90 Å². The molecule has 1 aromatic rings. The van der Waals surface area contributed by atoms with E-state index in [-0.39, 0.29) is 6.23 Å². The summed E-state index contributed by atoms with van der Waals surface area (Å²) >= 11 is 0. The SMILES string of the molecule is C=Cc1ccccc1COC(C)N1CCOCC1. The molecule has 3 nitrogen and oxygen atoms in total. The summed E-state index contributed by atoms with van der Waals surface area (Å²) in [5.74, 6) is 0. The van der Waals surface area contributed by atoms with Gasteiger partial charge >= 0.3 is 0 Å². The second-order valence-corrected chi connectivity index (χ2v) is 4.46. The van der Waals surface area contributed by atoms with Gasteiger partial charge in [0.2, 0.25) is 0 Å². The van der Waals surface area contributed by atoms with Gasteiger partial charge in [-0.25, -0.2) is 0 Å². The molecule has 1 saturated heterocycles. The molecule has 0 radical (unpaired) electrons. The second kappa shape index (κ2) is 6.69. The summed E-state index contributed by atoms with van der Waals surface area (Å²) in [6.07, 6.45) is 2.00. The molecule has 2 rings (SSSR count). The topological polar surface area (TPSA) is 21.7 Å². The van der Waals surface area contributed by atoms with Crippen LogP contribution in [0.3, 0.4) is 0 Å². The van der Waals surface area contributed by atoms with Crippen LogP contribution in [0.2, 0.25) is 0 Å². The van der Waals surface area contributed by atoms with E-state index in [1.165, 1.54) is 5.56 Å². The first-order chi connectivity index (χ1) is 8.81. The van der Waals surface area contributed by atoms with Gasteiger partial charge in [0, 0.05) is 13.1 Å². The molecule has 0 bridgehead atoms. The molecule has 0 amide bonds. The number of ether oxygens (including phenoxy) is 2. The van der Waals surface area contributed by atoms with E-state index >= 15 is 0 Å². The van der Waals surface area contributed by atoms with Crippen LogP contribution in [-0.2, 0) is 16.1 Å². The number of hydrogen-bond donors (Lipinski definition) is 0. The molecule has 0 saturated carbocycles. The van der Waals surface area contributed by atoms with E-state index < -0.39 is 0 Å². The van der Waals surface area contributed by atoms with E-state index in [0.717, 1.165) is 31.9 Å². The van der Waals surface area contributed by atoms with E-state index in [1.54, 1.807) is 0 Å². The van der Waals surface area contributed by atoms with Crippen molar-refractivity contribution in [2.75, 3.05) is 26.3 Å². The Labute approximate surface area is 109 Å². The van der Waals surface area contributed by atoms with Crippen LogP contribution in [0, 0.1) is 0 Å². The van der Waals surface area contributed by atoms with Crippen molar-refractivity contribution >= 4 is 6.08 Å². The summed E-state index contributed by atoms with van der Waals surface area (Å²) in [5, 5.41) is 0. The van der Waals surface area contributed by atoms with E-state index in [0.29, 0.717) is 6.61 Å². The summed E-state index contributed by atoms with van der Waals surface area (Å²) in [7, 11) is 0. The lowest BCUT2D eigenvalue weighted by atomic mass is 10.1. The minimum Gasteiger partial charge on any atom is -0.379 e. The van der Waals surface area contributed by atoms with E-state index in [9.17, 15) is 0 Å². The Morgan fingerprint density at radius 1 is 1.39 bits per heavy atom. The summed E-state index contributed by atoms with van der Waals surface area (Å²) in [5.41, 5.74) is 2.33. The molecular weight excluding hydrogens is 226 g/mol. The first-order valence-electron chi connectivity index (χ1n) is 6.45. The minimum absolute atomic E-state index is 0.131. The monoisotopic (exact) mass is 247 g/mol. The third-order valence-electron chi connectivity index (χ3n) is 3.31. The van der Waals surface area contributed by atoms with Gasteiger partial charge in [-0.2, -0.15) is 0 Å². The first-order valence-corrected chi connectivity index (χ1v) is 6.45. The molecule has 1 aliphatic rings. The fourth-order valence-corrected chi connectivity index (χ4v) is 2.12. The Balaban J connectivity index is 1.88. The van der Waals surface area contributed by atoms with Crippen molar-refractivity contribution in [3.8, 4) is 0 Å². The number of benzene rings is 1. The van der Waals surface area contributed by atoms with E-state index in [4.69, 9.17) is 9.47 Å². The number of rotatable bonds is 5. The zero-order chi connectivity index (χ0) is 12.8. The number of morpholine rings is 1. The quantitative estimate of drug-likeness (QED) is 0.798. The van der Waals surface area contributed by atoms with Crippen molar-refractivity contribution in [1.29, 1.82) is 0 Å². The molecule has 0 aliphatic carbocycles. The van der Waals surface area contributed by atoms with Crippen LogP contribution in [-0.4, -0.2) is 37.4 Å². The Kier molecular flexibility index (Phi) is 4.93. The predicted octanol–water partition coefficient (Wildman–Crippen LogP) is 2.52. The Morgan fingerprint density at radius 3 is 2.83 bits per heavy atom. The maximum absolute atomic E-state index is 5.93. The van der Waals surface area contributed by atoms with Gasteiger partial charge in [-0.05, 0) is 18.1 Å². The van der Waals surface area contributed by atoms with Crippen molar-refractivity contribution in [3.05, 3.63) is 42.0 Å². The molecule has 1 heterocycles. The Hall–Kier alpha value is -1.16. The van der Waals surface area contributed by atoms with Crippen molar-refractivity contribution in [2.24, 2.45) is 0 Å². The smallest absolute Gasteiger partial charge is 0.108 e. The Morgan fingerprint density at radius 2 is 2.11 bits per heavy atom. The normalized spacial score (nSPS) is 18.5. The summed E-state index contributed by atoms with van der Waals surface area (Å²) < 4.78 is 11.3. The molecule has 3 heteroatoms. The maximum atomic E-state index is 5.93. The van der Waals surface area contributed by atoms with Crippen molar-refractivity contribution in [3.63, 3.8) is 0 Å². The van der Waals surface area contributed by atoms with Gasteiger partial charge in [0.05, 0.1) is 19.8 Å². The fraction of sp³-hybridized carbons (Fsp3) is 0.467. The molecular formula is C15H21NO2. The minimum atomic E-state index is 0.131. The highest BCUT2D eigenvalue weighted by Gasteiger charge is 2.17. The lowest BCUT2D eigenvalue weighted by Gasteiger charge is -2.32. The van der Waals surface area contributed by atoms with Gasteiger partial charge < -0.3 is 9.47 Å². The average molecular weight is 247 g/mol. The van der Waals surface area contributed by atoms with Crippen LogP contribution >= 0.6 is 0 Å². The summed E-state index contributed by atoms with van der Waals surface area (Å²) in [6, 6.07) is 8.20. The first kappa shape index (κ1) is 13.3. The number of nitrogens with zero attached hydrogens (tertiary/aromatic N) is 1. The Bertz CT molecular complexity index is 386. The van der Waals surface area contributed by atoms with E-state index in [2.05, 4.69) is 30.5 Å². The molecule has 1 aliphatic heterocycles. The molecule has 98 valence electrons. The van der Waals surface area contributed by atoms with Crippen LogP contribution < -0.4 is 0 Å². The van der Waals surface area contributed by atoms with Crippen LogP contribution in [0.15, 0.2) is 30.8 Å². The lowest BCUT2D eigenvalue weighted by Crippen LogP contribution is -2.43. The zero-order valence-electron chi connectivity index (χ0n) is 11.0. The molecule has 0 N–H and O–H groups in total. The standard InChI is InChI=1S/C15H21NO2/c1-3-14-6-4-5-7-15(14)12-18-13(2)16-8-10-17-11-9-16/h3-7,13H,1,8-12H2,2H3. The zero-order valence-corrected chi connectivity index (χ0v) is 11.0. The van der Waals surface area contributed by atoms with Gasteiger partial charge in [-0.1, -0.05) is 36.9 Å². The van der Waals surface area contributed by atoms with Crippen LogP contribution in [0.4, 0.5) is 0 Å². The molecule has 18 heavy (non-hydrogen) atoms. The van der Waals surface area contributed by atoms with Crippen LogP contribution in [0.1, 0.15) is 18.1 Å². The van der Waals surface area contributed by atoms with Crippen molar-refractivity contribution < 1.29 is 9.47 Å². The average Bonchev–Trinajstić information content (AvgIpc) is 2.46. The van der Waals surface area contributed by atoms with Gasteiger partial charge in [0.25, 0.3) is 0 Å². The molecule has 1 atom stereocenters. The highest BCUT2D eigenvalue weighted by molar-refractivity contribution is 5.51. The second-order valence-electron chi connectivity index (χ2n) is 4.46. The highest BCUT2D eigenvalue weighted by atomic mass is 16.5. The third kappa shape index (κ3) is 3.42. The van der Waals surface area contributed by atoms with Gasteiger partial charge in [0.1, 0.15) is 6.23 Å². The summed E-state index contributed by atoms with van der Waals surface area (Å²) in [4.78, 5) is 2.31. The summed E-state index contributed by atoms with van der Waals surface area (Å²) in [6.45, 7) is 10.1. The van der Waals surface area contributed by atoms with Crippen LogP contribution in [0.5, 0.6) is 0 Å². The molecule has 0 aromatic heterocycles. The number of hydrogen-bond acceptors (Lipinski definition) is 3. The maximum Gasteiger partial charge on any atom is 0.108 e. The lowest BCUT2D eigenvalue weighted by molar-refractivity contribution is -0.0929.